The molecule has 2 unspecified atom stereocenters. The fourth-order valence-corrected chi connectivity index (χ4v) is 4.31. The topological polar surface area (TPSA) is 18.5 Å². The first-order valence-electron chi connectivity index (χ1n) is 3.25. The largest absolute Gasteiger partial charge is 0.370 e. The molecule has 0 saturated carbocycles. The Morgan fingerprint density at radius 3 is 1.55 bits per heavy atom. The molecule has 0 rings (SSSR count). The van der Waals surface area contributed by atoms with Crippen molar-refractivity contribution in [2.45, 2.75) is 24.7 Å². The molecule has 0 fully saturated rings. The normalized spacial score (nSPS) is 16.4. The molecule has 5 heteroatoms. The molecule has 0 aliphatic heterocycles. The molecule has 0 spiro atoms. The van der Waals surface area contributed by atoms with Gasteiger partial charge in [-0.2, -0.15) is 0 Å². The molecule has 2 atom stereocenters. The van der Waals surface area contributed by atoms with Crippen LogP contribution in [0.2, 0.25) is 0 Å². The van der Waals surface area contributed by atoms with Gasteiger partial charge in [0, 0.05) is 14.2 Å². The Morgan fingerprint density at radius 1 is 0.909 bits per heavy atom. The van der Waals surface area contributed by atoms with Crippen molar-refractivity contribution in [2.24, 2.45) is 0 Å². The molecular weight excluding hydrogens is 200 g/mol. The van der Waals surface area contributed by atoms with E-state index in [9.17, 15) is 0 Å². The van der Waals surface area contributed by atoms with Gasteiger partial charge in [-0.15, -0.1) is 0 Å². The highest BCUT2D eigenvalue weighted by Crippen LogP contribution is 2.40. The molecule has 0 aromatic carbocycles. The molecule has 0 saturated heterocycles. The number of methoxy groups -OCH3 is 2. The second-order valence-electron chi connectivity index (χ2n) is 1.87. The number of rotatable bonds is 6. The summed E-state index contributed by atoms with van der Waals surface area (Å²) in [4.78, 5) is 0. The zero-order chi connectivity index (χ0) is 8.69. The molecule has 0 aromatic heterocycles. The van der Waals surface area contributed by atoms with Crippen LogP contribution in [0.5, 0.6) is 0 Å². The lowest BCUT2D eigenvalue weighted by atomic mass is 10.9. The lowest BCUT2D eigenvalue weighted by Gasteiger charge is -2.09. The quantitative estimate of drug-likeness (QED) is 0.498. The Hall–Kier alpha value is 0.970. The summed E-state index contributed by atoms with van der Waals surface area (Å²) in [6, 6.07) is 0. The van der Waals surface area contributed by atoms with E-state index in [1.54, 1.807) is 45.6 Å². The van der Waals surface area contributed by atoms with Gasteiger partial charge < -0.3 is 9.47 Å². The second-order valence-corrected chi connectivity index (χ2v) is 6.50. The number of hydrogen-bond donors (Lipinski definition) is 0. The van der Waals surface area contributed by atoms with E-state index in [2.05, 4.69) is 0 Å². The molecule has 0 radical (unpaired) electrons. The van der Waals surface area contributed by atoms with Crippen molar-refractivity contribution >= 4 is 31.4 Å². The van der Waals surface area contributed by atoms with Crippen LogP contribution in [0.3, 0.4) is 0 Å². The number of hydrogen-bond acceptors (Lipinski definition) is 5. The van der Waals surface area contributed by atoms with Crippen LogP contribution in [0.25, 0.3) is 0 Å². The molecule has 0 aliphatic carbocycles. The van der Waals surface area contributed by atoms with E-state index >= 15 is 0 Å². The first-order valence-corrected chi connectivity index (χ1v) is 6.86. The van der Waals surface area contributed by atoms with Gasteiger partial charge >= 0.3 is 0 Å². The maximum absolute atomic E-state index is 5.05. The molecular formula is C6H14O2S3. The van der Waals surface area contributed by atoms with Crippen molar-refractivity contribution in [3.8, 4) is 0 Å². The maximum Gasteiger partial charge on any atom is 0.110 e. The van der Waals surface area contributed by atoms with Crippen LogP contribution in [0.15, 0.2) is 0 Å². The third-order valence-corrected chi connectivity index (χ3v) is 5.61. The van der Waals surface area contributed by atoms with E-state index in [4.69, 9.17) is 9.47 Å². The van der Waals surface area contributed by atoms with Crippen molar-refractivity contribution in [3.05, 3.63) is 0 Å². The monoisotopic (exact) mass is 214 g/mol. The van der Waals surface area contributed by atoms with Gasteiger partial charge in [-0.3, -0.25) is 0 Å². The van der Waals surface area contributed by atoms with Crippen molar-refractivity contribution in [3.63, 3.8) is 0 Å². The van der Waals surface area contributed by atoms with E-state index in [0.717, 1.165) is 0 Å². The smallest absolute Gasteiger partial charge is 0.110 e. The zero-order valence-electron chi connectivity index (χ0n) is 7.20. The van der Waals surface area contributed by atoms with Gasteiger partial charge in [0.15, 0.2) is 0 Å². The van der Waals surface area contributed by atoms with Gasteiger partial charge in [-0.1, -0.05) is 21.6 Å². The molecule has 0 amide bonds. The van der Waals surface area contributed by atoms with Gasteiger partial charge in [0.05, 0.1) is 0 Å². The maximum atomic E-state index is 5.05. The van der Waals surface area contributed by atoms with Crippen molar-refractivity contribution in [2.75, 3.05) is 14.2 Å². The van der Waals surface area contributed by atoms with Crippen LogP contribution in [0.1, 0.15) is 13.8 Å². The van der Waals surface area contributed by atoms with Crippen LogP contribution in [-0.2, 0) is 9.47 Å². The Morgan fingerprint density at radius 2 is 1.27 bits per heavy atom. The fourth-order valence-electron chi connectivity index (χ4n) is 0.212. The van der Waals surface area contributed by atoms with Crippen LogP contribution in [0.4, 0.5) is 0 Å². The molecule has 11 heavy (non-hydrogen) atoms. The average molecular weight is 214 g/mol. The Bertz CT molecular complexity index is 81.9. The Kier molecular flexibility index (Phi) is 8.28. The SMILES string of the molecule is COC(C)SSSC(C)OC. The minimum absolute atomic E-state index is 0.247. The van der Waals surface area contributed by atoms with E-state index < -0.39 is 0 Å². The number of ether oxygens (including phenoxy) is 2. The third-order valence-electron chi connectivity index (χ3n) is 1.01. The van der Waals surface area contributed by atoms with Gasteiger partial charge in [0.25, 0.3) is 0 Å². The van der Waals surface area contributed by atoms with Gasteiger partial charge in [-0.05, 0) is 23.7 Å². The van der Waals surface area contributed by atoms with Crippen LogP contribution in [-0.4, -0.2) is 25.1 Å². The summed E-state index contributed by atoms with van der Waals surface area (Å²) < 4.78 is 10.1. The predicted molar refractivity (Wildman–Crippen MR) is 55.7 cm³/mol. The van der Waals surface area contributed by atoms with Gasteiger partial charge in [0.1, 0.15) is 10.9 Å². The summed E-state index contributed by atoms with van der Waals surface area (Å²) in [5.41, 5.74) is 0.494. The second kappa shape index (κ2) is 7.61. The first kappa shape index (κ1) is 12.0. The van der Waals surface area contributed by atoms with Gasteiger partial charge in [0.2, 0.25) is 0 Å². The van der Waals surface area contributed by atoms with E-state index in [-0.39, 0.29) is 10.9 Å². The lowest BCUT2D eigenvalue weighted by molar-refractivity contribution is 0.188. The summed E-state index contributed by atoms with van der Waals surface area (Å²) in [7, 11) is 8.52. The molecule has 0 heterocycles. The van der Waals surface area contributed by atoms with Crippen molar-refractivity contribution in [1.29, 1.82) is 0 Å². The summed E-state index contributed by atoms with van der Waals surface area (Å²) in [6.45, 7) is 4.05. The zero-order valence-corrected chi connectivity index (χ0v) is 9.65. The average Bonchev–Trinajstić information content (AvgIpc) is 2.04. The summed E-state index contributed by atoms with van der Waals surface area (Å²) in [6.07, 6.45) is 0. The summed E-state index contributed by atoms with van der Waals surface area (Å²) in [5, 5.41) is 0. The van der Waals surface area contributed by atoms with Crippen LogP contribution in [0, 0.1) is 0 Å². The molecule has 68 valence electrons. The minimum atomic E-state index is 0.247. The third kappa shape index (κ3) is 7.33. The molecule has 0 bridgehead atoms. The fraction of sp³-hybridized carbons (Fsp3) is 1.00. The van der Waals surface area contributed by atoms with E-state index in [0.29, 0.717) is 0 Å². The lowest BCUT2D eigenvalue weighted by Crippen LogP contribution is -1.97. The van der Waals surface area contributed by atoms with Gasteiger partial charge in [-0.25, -0.2) is 0 Å². The van der Waals surface area contributed by atoms with Crippen molar-refractivity contribution in [1.82, 2.24) is 0 Å². The Labute approximate surface area is 80.0 Å². The van der Waals surface area contributed by atoms with Crippen LogP contribution < -0.4 is 0 Å². The molecule has 0 N–H and O–H groups in total. The summed E-state index contributed by atoms with van der Waals surface area (Å²) >= 11 is 0. The minimum Gasteiger partial charge on any atom is -0.370 e. The molecule has 0 aliphatic rings. The predicted octanol–water partition coefficient (Wildman–Crippen LogP) is 3.00. The highest BCUT2D eigenvalue weighted by atomic mass is 33.5. The highest BCUT2D eigenvalue weighted by molar-refractivity contribution is 9.09. The highest BCUT2D eigenvalue weighted by Gasteiger charge is 2.04. The van der Waals surface area contributed by atoms with Crippen LogP contribution >= 0.6 is 31.4 Å². The first-order chi connectivity index (χ1) is 5.20. The standard InChI is InChI=1S/C6H14O2S3/c1-5(7-3)9-11-10-6(2)8-4/h5-6H,1-4H3. The molecule has 0 aromatic rings. The Balaban J connectivity index is 3.13. The summed E-state index contributed by atoms with van der Waals surface area (Å²) in [5.74, 6) is 0. The molecule has 2 nitrogen and oxygen atoms in total. The van der Waals surface area contributed by atoms with Crippen molar-refractivity contribution < 1.29 is 9.47 Å². The van der Waals surface area contributed by atoms with E-state index in [1.807, 2.05) is 13.8 Å². The van der Waals surface area contributed by atoms with E-state index in [1.165, 1.54) is 0 Å².